The fraction of sp³-hybridized carbons (Fsp3) is 0.0625. The van der Waals surface area contributed by atoms with E-state index in [9.17, 15) is 0 Å². The molecule has 0 aliphatic carbocycles. The third kappa shape index (κ3) is 2.02. The number of nitrogens with two attached hydrogens (primary N) is 1. The molecule has 0 spiro atoms. The van der Waals surface area contributed by atoms with Crippen molar-refractivity contribution in [3.05, 3.63) is 59.8 Å². The average molecular weight is 266 g/mol. The smallest absolute Gasteiger partial charge is 0.104 e. The summed E-state index contributed by atoms with van der Waals surface area (Å²) in [6, 6.07) is 16.4. The van der Waals surface area contributed by atoms with Crippen molar-refractivity contribution < 1.29 is 0 Å². The van der Waals surface area contributed by atoms with Crippen LogP contribution >= 0.6 is 12.2 Å². The molecule has 0 amide bonds. The predicted octanol–water partition coefficient (Wildman–Crippen LogP) is 3.78. The van der Waals surface area contributed by atoms with Gasteiger partial charge >= 0.3 is 0 Å². The number of fused-ring (bicyclic) bond motifs is 1. The molecule has 0 fully saturated rings. The van der Waals surface area contributed by atoms with E-state index in [0.717, 1.165) is 22.3 Å². The monoisotopic (exact) mass is 266 g/mol. The average Bonchev–Trinajstić information content (AvgIpc) is 2.74. The van der Waals surface area contributed by atoms with Gasteiger partial charge in [0.1, 0.15) is 4.99 Å². The third-order valence-corrected chi connectivity index (χ3v) is 3.57. The normalized spacial score (nSPS) is 10.8. The fourth-order valence-electron chi connectivity index (χ4n) is 2.48. The molecule has 0 aliphatic rings. The maximum Gasteiger partial charge on any atom is 0.104 e. The summed E-state index contributed by atoms with van der Waals surface area (Å²) in [4.78, 5) is 3.84. The molecule has 3 aromatic rings. The van der Waals surface area contributed by atoms with Crippen molar-refractivity contribution >= 4 is 28.1 Å². The van der Waals surface area contributed by atoms with Crippen LogP contribution in [-0.2, 0) is 0 Å². The number of rotatable bonds is 2. The van der Waals surface area contributed by atoms with E-state index in [0.29, 0.717) is 4.99 Å². The van der Waals surface area contributed by atoms with Crippen LogP contribution in [0.1, 0.15) is 11.3 Å². The van der Waals surface area contributed by atoms with Crippen LogP contribution in [0.2, 0.25) is 0 Å². The van der Waals surface area contributed by atoms with Gasteiger partial charge in [0.25, 0.3) is 0 Å². The second-order valence-electron chi connectivity index (χ2n) is 4.62. The van der Waals surface area contributed by atoms with Gasteiger partial charge in [-0.05, 0) is 24.6 Å². The number of thiocarbonyl (C=S) groups is 1. The Morgan fingerprint density at radius 3 is 2.68 bits per heavy atom. The molecule has 1 aromatic heterocycles. The molecule has 0 unspecified atom stereocenters. The van der Waals surface area contributed by atoms with E-state index < -0.39 is 0 Å². The van der Waals surface area contributed by atoms with Gasteiger partial charge in [-0.1, -0.05) is 48.6 Å². The summed E-state index contributed by atoms with van der Waals surface area (Å²) in [7, 11) is 0. The summed E-state index contributed by atoms with van der Waals surface area (Å²) in [5.74, 6) is 0. The summed E-state index contributed by atoms with van der Waals surface area (Å²) in [5, 5.41) is 1.22. The van der Waals surface area contributed by atoms with Crippen molar-refractivity contribution in [2.24, 2.45) is 5.73 Å². The second kappa shape index (κ2) is 4.52. The summed E-state index contributed by atoms with van der Waals surface area (Å²) >= 11 is 5.05. The van der Waals surface area contributed by atoms with Crippen molar-refractivity contribution in [1.29, 1.82) is 0 Å². The zero-order chi connectivity index (χ0) is 13.4. The number of nitrogens with one attached hydrogen (secondary N) is 1. The lowest BCUT2D eigenvalue weighted by Crippen LogP contribution is -2.08. The number of para-hydroxylation sites is 1. The van der Waals surface area contributed by atoms with Crippen molar-refractivity contribution in [2.45, 2.75) is 6.92 Å². The highest BCUT2D eigenvalue weighted by Crippen LogP contribution is 2.32. The highest BCUT2D eigenvalue weighted by Gasteiger charge is 2.10. The van der Waals surface area contributed by atoms with E-state index >= 15 is 0 Å². The molecule has 94 valence electrons. The Morgan fingerprint density at radius 1 is 1.11 bits per heavy atom. The van der Waals surface area contributed by atoms with Crippen LogP contribution in [0, 0.1) is 6.92 Å². The number of aryl methyl sites for hydroxylation is 1. The lowest BCUT2D eigenvalue weighted by Gasteiger charge is -2.05. The number of hydrogen-bond donors (Lipinski definition) is 2. The topological polar surface area (TPSA) is 41.8 Å². The van der Waals surface area contributed by atoms with Gasteiger partial charge in [-0.25, -0.2) is 0 Å². The highest BCUT2D eigenvalue weighted by atomic mass is 32.1. The molecule has 0 atom stereocenters. The van der Waals surface area contributed by atoms with Crippen LogP contribution in [0.4, 0.5) is 0 Å². The lowest BCUT2D eigenvalue weighted by atomic mass is 10.0. The van der Waals surface area contributed by atoms with Crippen LogP contribution < -0.4 is 5.73 Å². The minimum Gasteiger partial charge on any atom is -0.389 e. The van der Waals surface area contributed by atoms with Gasteiger partial charge in [-0.2, -0.15) is 0 Å². The fourth-order valence-corrected chi connectivity index (χ4v) is 2.60. The zero-order valence-corrected chi connectivity index (χ0v) is 11.4. The van der Waals surface area contributed by atoms with E-state index in [-0.39, 0.29) is 0 Å². The van der Waals surface area contributed by atoms with Crippen molar-refractivity contribution in [1.82, 2.24) is 4.98 Å². The van der Waals surface area contributed by atoms with E-state index in [1.807, 2.05) is 24.3 Å². The molecule has 3 N–H and O–H groups in total. The van der Waals surface area contributed by atoms with Crippen LogP contribution in [0.15, 0.2) is 48.5 Å². The standard InChI is InChI=1S/C16H14N2S/c1-10-15(13-7-2-3-8-14(13)18-10)11-5-4-6-12(9-11)16(17)19/h2-9,18H,1H3,(H2,17,19). The maximum atomic E-state index is 5.71. The first-order chi connectivity index (χ1) is 9.16. The number of aromatic nitrogens is 1. The molecule has 1 heterocycles. The quantitative estimate of drug-likeness (QED) is 0.693. The van der Waals surface area contributed by atoms with E-state index in [1.54, 1.807) is 0 Å². The minimum atomic E-state index is 0.430. The van der Waals surface area contributed by atoms with E-state index in [4.69, 9.17) is 18.0 Å². The molecular formula is C16H14N2S. The van der Waals surface area contributed by atoms with Crippen molar-refractivity contribution in [2.75, 3.05) is 0 Å². The second-order valence-corrected chi connectivity index (χ2v) is 5.06. The number of H-pyrrole nitrogens is 1. The largest absolute Gasteiger partial charge is 0.389 e. The van der Waals surface area contributed by atoms with Crippen LogP contribution in [0.3, 0.4) is 0 Å². The van der Waals surface area contributed by atoms with Gasteiger partial charge in [-0.15, -0.1) is 0 Å². The van der Waals surface area contributed by atoms with Gasteiger partial charge in [-0.3, -0.25) is 0 Å². The van der Waals surface area contributed by atoms with Crippen LogP contribution in [-0.4, -0.2) is 9.97 Å². The Morgan fingerprint density at radius 2 is 1.89 bits per heavy atom. The van der Waals surface area contributed by atoms with Gasteiger partial charge in [0, 0.05) is 27.7 Å². The third-order valence-electron chi connectivity index (χ3n) is 3.33. The molecule has 3 rings (SSSR count). The molecule has 0 bridgehead atoms. The van der Waals surface area contributed by atoms with Crippen molar-refractivity contribution in [3.63, 3.8) is 0 Å². The Kier molecular flexibility index (Phi) is 2.84. The Bertz CT molecular complexity index is 771. The summed E-state index contributed by atoms with van der Waals surface area (Å²) in [5.41, 5.74) is 11.3. The molecule has 19 heavy (non-hydrogen) atoms. The zero-order valence-electron chi connectivity index (χ0n) is 10.6. The lowest BCUT2D eigenvalue weighted by molar-refractivity contribution is 1.30. The Labute approximate surface area is 117 Å². The number of hydrogen-bond acceptors (Lipinski definition) is 1. The SMILES string of the molecule is Cc1[nH]c2ccccc2c1-c1cccc(C(N)=S)c1. The molecule has 0 saturated carbocycles. The molecule has 0 saturated heterocycles. The Hall–Kier alpha value is -2.13. The Balaban J connectivity index is 2.27. The van der Waals surface area contributed by atoms with Crippen LogP contribution in [0.5, 0.6) is 0 Å². The maximum absolute atomic E-state index is 5.71. The first-order valence-electron chi connectivity index (χ1n) is 6.14. The van der Waals surface area contributed by atoms with E-state index in [1.165, 1.54) is 10.9 Å². The van der Waals surface area contributed by atoms with Gasteiger partial charge in [0.05, 0.1) is 0 Å². The molecule has 0 aliphatic heterocycles. The highest BCUT2D eigenvalue weighted by molar-refractivity contribution is 7.80. The molecule has 3 heteroatoms. The van der Waals surface area contributed by atoms with Crippen molar-refractivity contribution in [3.8, 4) is 11.1 Å². The minimum absolute atomic E-state index is 0.430. The molecular weight excluding hydrogens is 252 g/mol. The van der Waals surface area contributed by atoms with Crippen LogP contribution in [0.25, 0.3) is 22.0 Å². The van der Waals surface area contributed by atoms with Gasteiger partial charge in [0.2, 0.25) is 0 Å². The first-order valence-corrected chi connectivity index (χ1v) is 6.55. The molecule has 2 nitrogen and oxygen atoms in total. The number of benzene rings is 2. The molecule has 2 aromatic carbocycles. The molecule has 0 radical (unpaired) electrons. The van der Waals surface area contributed by atoms with Gasteiger partial charge < -0.3 is 10.7 Å². The summed E-state index contributed by atoms with van der Waals surface area (Å²) in [6.45, 7) is 2.09. The summed E-state index contributed by atoms with van der Waals surface area (Å²) < 4.78 is 0. The van der Waals surface area contributed by atoms with E-state index in [2.05, 4.69) is 36.2 Å². The van der Waals surface area contributed by atoms with Gasteiger partial charge in [0.15, 0.2) is 0 Å². The number of aromatic amines is 1. The first kappa shape index (κ1) is 11.9. The summed E-state index contributed by atoms with van der Waals surface area (Å²) in [6.07, 6.45) is 0. The predicted molar refractivity (Wildman–Crippen MR) is 84.4 cm³/mol.